The lowest BCUT2D eigenvalue weighted by Crippen LogP contribution is -2.15. The van der Waals surface area contributed by atoms with Crippen molar-refractivity contribution >= 4 is 0 Å². The van der Waals surface area contributed by atoms with E-state index in [0.717, 1.165) is 23.8 Å². The summed E-state index contributed by atoms with van der Waals surface area (Å²) in [6.07, 6.45) is 12.1. The maximum atomic E-state index is 5.79. The zero-order valence-electron chi connectivity index (χ0n) is 9.61. The Balaban J connectivity index is 1.86. The van der Waals surface area contributed by atoms with Crippen molar-refractivity contribution in [3.63, 3.8) is 0 Å². The van der Waals surface area contributed by atoms with Gasteiger partial charge in [-0.05, 0) is 37.0 Å². The van der Waals surface area contributed by atoms with Crippen molar-refractivity contribution in [1.82, 2.24) is 0 Å². The average Bonchev–Trinajstić information content (AvgIpc) is 2.38. The van der Waals surface area contributed by atoms with Crippen LogP contribution in [0.15, 0.2) is 24.3 Å². The van der Waals surface area contributed by atoms with Crippen LogP contribution in [0, 0.1) is 18.3 Å². The summed E-state index contributed by atoms with van der Waals surface area (Å²) in [5, 5.41) is 0. The van der Waals surface area contributed by atoms with Gasteiger partial charge in [-0.2, -0.15) is 0 Å². The molecule has 1 fully saturated rings. The smallest absolute Gasteiger partial charge is 0.120 e. The molecule has 1 aromatic carbocycles. The molecule has 2 rings (SSSR count). The molecule has 0 heterocycles. The summed E-state index contributed by atoms with van der Waals surface area (Å²) >= 11 is 0. The molecule has 0 atom stereocenters. The maximum Gasteiger partial charge on any atom is 0.120 e. The third-order valence-corrected chi connectivity index (χ3v) is 3.21. The van der Waals surface area contributed by atoms with E-state index >= 15 is 0 Å². The van der Waals surface area contributed by atoms with Gasteiger partial charge in [0.15, 0.2) is 0 Å². The second-order valence-electron chi connectivity index (χ2n) is 4.49. The van der Waals surface area contributed by atoms with Gasteiger partial charge < -0.3 is 4.74 Å². The number of rotatable bonds is 3. The van der Waals surface area contributed by atoms with Crippen LogP contribution in [0.2, 0.25) is 0 Å². The highest BCUT2D eigenvalue weighted by Gasteiger charge is 2.13. The van der Waals surface area contributed by atoms with Crippen molar-refractivity contribution in [2.75, 3.05) is 6.61 Å². The van der Waals surface area contributed by atoms with Gasteiger partial charge in [-0.3, -0.25) is 0 Å². The van der Waals surface area contributed by atoms with E-state index in [1.54, 1.807) is 0 Å². The third-order valence-electron chi connectivity index (χ3n) is 3.21. The van der Waals surface area contributed by atoms with Gasteiger partial charge in [-0.1, -0.05) is 31.2 Å². The van der Waals surface area contributed by atoms with Gasteiger partial charge in [0.1, 0.15) is 5.75 Å². The monoisotopic (exact) mass is 214 g/mol. The van der Waals surface area contributed by atoms with Gasteiger partial charge in [-0.15, -0.1) is 6.42 Å². The van der Waals surface area contributed by atoms with Gasteiger partial charge in [-0.25, -0.2) is 0 Å². The number of terminal acetylenes is 1. The van der Waals surface area contributed by atoms with Crippen molar-refractivity contribution in [3.8, 4) is 18.1 Å². The largest absolute Gasteiger partial charge is 0.493 e. The molecule has 16 heavy (non-hydrogen) atoms. The fraction of sp³-hybridized carbons (Fsp3) is 0.467. The molecule has 0 aromatic heterocycles. The third kappa shape index (κ3) is 3.03. The standard InChI is InChI=1S/C15H18O/c1-2-13-9-6-10-15(11-13)16-12-14-7-4-3-5-8-14/h1,6,9-11,14H,3-5,7-8,12H2. The van der Waals surface area contributed by atoms with Crippen molar-refractivity contribution in [2.45, 2.75) is 32.1 Å². The first-order valence-corrected chi connectivity index (χ1v) is 6.08. The zero-order chi connectivity index (χ0) is 11.2. The van der Waals surface area contributed by atoms with Crippen LogP contribution in [0.1, 0.15) is 37.7 Å². The zero-order valence-corrected chi connectivity index (χ0v) is 9.61. The Labute approximate surface area is 97.8 Å². The van der Waals surface area contributed by atoms with Crippen LogP contribution in [0.5, 0.6) is 5.75 Å². The molecule has 0 aliphatic heterocycles. The average molecular weight is 214 g/mol. The molecule has 0 unspecified atom stereocenters. The molecule has 0 saturated heterocycles. The molecule has 0 amide bonds. The van der Waals surface area contributed by atoms with E-state index in [9.17, 15) is 0 Å². The summed E-state index contributed by atoms with van der Waals surface area (Å²) in [5.74, 6) is 4.27. The minimum Gasteiger partial charge on any atom is -0.493 e. The Bertz CT molecular complexity index is 369. The predicted octanol–water partition coefficient (Wildman–Crippen LogP) is 3.63. The first-order chi connectivity index (χ1) is 7.88. The fourth-order valence-corrected chi connectivity index (χ4v) is 2.24. The molecular formula is C15H18O. The van der Waals surface area contributed by atoms with Crippen LogP contribution >= 0.6 is 0 Å². The van der Waals surface area contributed by atoms with Crippen LogP contribution in [0.3, 0.4) is 0 Å². The van der Waals surface area contributed by atoms with Crippen LogP contribution in [0.25, 0.3) is 0 Å². The molecule has 1 aromatic rings. The lowest BCUT2D eigenvalue weighted by molar-refractivity contribution is 0.209. The second kappa shape index (κ2) is 5.61. The van der Waals surface area contributed by atoms with E-state index in [-0.39, 0.29) is 0 Å². The van der Waals surface area contributed by atoms with E-state index in [1.165, 1.54) is 32.1 Å². The SMILES string of the molecule is C#Cc1cccc(OCC2CCCCC2)c1. The summed E-state index contributed by atoms with van der Waals surface area (Å²) in [5.41, 5.74) is 0.890. The van der Waals surface area contributed by atoms with Crippen LogP contribution in [-0.2, 0) is 0 Å². The van der Waals surface area contributed by atoms with Gasteiger partial charge in [0, 0.05) is 5.56 Å². The minimum atomic E-state index is 0.739. The van der Waals surface area contributed by atoms with Gasteiger partial charge in [0.2, 0.25) is 0 Å². The molecule has 1 saturated carbocycles. The first kappa shape index (κ1) is 11.1. The Hall–Kier alpha value is -1.42. The van der Waals surface area contributed by atoms with E-state index in [0.29, 0.717) is 0 Å². The molecule has 0 radical (unpaired) electrons. The Morgan fingerprint density at radius 3 is 2.81 bits per heavy atom. The van der Waals surface area contributed by atoms with E-state index in [1.807, 2.05) is 24.3 Å². The van der Waals surface area contributed by atoms with Crippen LogP contribution in [-0.4, -0.2) is 6.61 Å². The van der Waals surface area contributed by atoms with E-state index in [4.69, 9.17) is 11.2 Å². The topological polar surface area (TPSA) is 9.23 Å². The van der Waals surface area contributed by atoms with E-state index in [2.05, 4.69) is 5.92 Å². The highest BCUT2D eigenvalue weighted by Crippen LogP contribution is 2.24. The predicted molar refractivity (Wildman–Crippen MR) is 66.4 cm³/mol. The van der Waals surface area contributed by atoms with Gasteiger partial charge in [0.25, 0.3) is 0 Å². The van der Waals surface area contributed by atoms with E-state index < -0.39 is 0 Å². The van der Waals surface area contributed by atoms with Crippen molar-refractivity contribution in [2.24, 2.45) is 5.92 Å². The molecule has 1 nitrogen and oxygen atoms in total. The summed E-state index contributed by atoms with van der Waals surface area (Å²) in [7, 11) is 0. The maximum absolute atomic E-state index is 5.79. The van der Waals surface area contributed by atoms with Crippen LogP contribution < -0.4 is 4.74 Å². The molecule has 0 N–H and O–H groups in total. The number of benzene rings is 1. The fourth-order valence-electron chi connectivity index (χ4n) is 2.24. The molecule has 1 heteroatoms. The Kier molecular flexibility index (Phi) is 3.88. The number of ether oxygens (including phenoxy) is 1. The molecule has 84 valence electrons. The highest BCUT2D eigenvalue weighted by atomic mass is 16.5. The molecule has 1 aliphatic rings. The first-order valence-electron chi connectivity index (χ1n) is 6.08. The molecule has 1 aliphatic carbocycles. The van der Waals surface area contributed by atoms with Gasteiger partial charge in [0.05, 0.1) is 6.61 Å². The molecular weight excluding hydrogens is 196 g/mol. The van der Waals surface area contributed by atoms with Crippen molar-refractivity contribution in [3.05, 3.63) is 29.8 Å². The summed E-state index contributed by atoms with van der Waals surface area (Å²) < 4.78 is 5.79. The normalized spacial score (nSPS) is 16.7. The number of hydrogen-bond acceptors (Lipinski definition) is 1. The summed E-state index contributed by atoms with van der Waals surface area (Å²) in [6.45, 7) is 0.841. The second-order valence-corrected chi connectivity index (χ2v) is 4.49. The summed E-state index contributed by atoms with van der Waals surface area (Å²) in [4.78, 5) is 0. The van der Waals surface area contributed by atoms with Crippen molar-refractivity contribution < 1.29 is 4.74 Å². The van der Waals surface area contributed by atoms with Crippen molar-refractivity contribution in [1.29, 1.82) is 0 Å². The van der Waals surface area contributed by atoms with Gasteiger partial charge >= 0.3 is 0 Å². The quantitative estimate of drug-likeness (QED) is 0.698. The highest BCUT2D eigenvalue weighted by molar-refractivity contribution is 5.38. The Morgan fingerprint density at radius 1 is 1.25 bits per heavy atom. The molecule has 0 spiro atoms. The minimum absolute atomic E-state index is 0.739. The summed E-state index contributed by atoms with van der Waals surface area (Å²) in [6, 6.07) is 7.78. The van der Waals surface area contributed by atoms with Crippen LogP contribution in [0.4, 0.5) is 0 Å². The lowest BCUT2D eigenvalue weighted by atomic mass is 9.90. The number of hydrogen-bond donors (Lipinski definition) is 0. The molecule has 0 bridgehead atoms. The lowest BCUT2D eigenvalue weighted by Gasteiger charge is -2.21. The Morgan fingerprint density at radius 2 is 2.06 bits per heavy atom.